The molecule has 0 bridgehead atoms. The summed E-state index contributed by atoms with van der Waals surface area (Å²) in [5.74, 6) is 0.635. The van der Waals surface area contributed by atoms with Crippen molar-refractivity contribution in [3.05, 3.63) is 130 Å². The molecule has 230 valence electrons. The molecule has 6 rings (SSSR count). The van der Waals surface area contributed by atoms with Crippen molar-refractivity contribution in [2.24, 2.45) is 5.92 Å². The minimum absolute atomic E-state index is 0.0000216. The third-order valence-corrected chi connectivity index (χ3v) is 9.94. The maximum absolute atomic E-state index is 12.6. The predicted octanol–water partition coefficient (Wildman–Crippen LogP) is 6.91. The molecule has 3 heterocycles. The van der Waals surface area contributed by atoms with Crippen LogP contribution in [0.4, 0.5) is 0 Å². The number of amides is 1. The summed E-state index contributed by atoms with van der Waals surface area (Å²) >= 11 is 3.24. The number of carbonyl (C=O) groups is 1. The molecule has 0 radical (unpaired) electrons. The van der Waals surface area contributed by atoms with Crippen LogP contribution in [0.5, 0.6) is 0 Å². The lowest BCUT2D eigenvalue weighted by molar-refractivity contribution is -0.268. The van der Waals surface area contributed by atoms with E-state index in [1.54, 1.807) is 47.6 Å². The van der Waals surface area contributed by atoms with Crippen LogP contribution in [-0.4, -0.2) is 38.1 Å². The highest BCUT2D eigenvalue weighted by Crippen LogP contribution is 2.43. The van der Waals surface area contributed by atoms with Gasteiger partial charge < -0.3 is 19.9 Å². The fourth-order valence-corrected chi connectivity index (χ4v) is 7.36. The van der Waals surface area contributed by atoms with Gasteiger partial charge in [0.1, 0.15) is 5.01 Å². The van der Waals surface area contributed by atoms with Gasteiger partial charge in [-0.1, -0.05) is 103 Å². The Kier molecular flexibility index (Phi) is 9.97. The summed E-state index contributed by atoms with van der Waals surface area (Å²) < 4.78 is 14.2. The molecule has 0 saturated carbocycles. The summed E-state index contributed by atoms with van der Waals surface area (Å²) in [6.45, 7) is 4.51. The largest absolute Gasteiger partial charge is 0.392 e. The Bertz CT molecular complexity index is 1710. The van der Waals surface area contributed by atoms with Crippen molar-refractivity contribution in [2.45, 2.75) is 49.8 Å². The molecular formula is C35H34N4O4S2. The van der Waals surface area contributed by atoms with Gasteiger partial charge in [-0.3, -0.25) is 9.78 Å². The lowest BCUT2D eigenvalue weighted by atomic mass is 9.91. The van der Waals surface area contributed by atoms with Crippen molar-refractivity contribution in [1.29, 1.82) is 0 Å². The number of aliphatic hydroxyl groups is 1. The zero-order chi connectivity index (χ0) is 31.2. The van der Waals surface area contributed by atoms with Crippen molar-refractivity contribution in [3.8, 4) is 11.1 Å². The summed E-state index contributed by atoms with van der Waals surface area (Å²) in [6, 6.07) is 27.7. The van der Waals surface area contributed by atoms with Crippen LogP contribution in [0.15, 0.2) is 102 Å². The quantitative estimate of drug-likeness (QED) is 0.159. The Balaban J connectivity index is 1.21. The molecule has 1 aliphatic rings. The molecule has 3 aromatic carbocycles. The van der Waals surface area contributed by atoms with Gasteiger partial charge >= 0.3 is 0 Å². The number of aryl methyl sites for hydroxylation is 1. The van der Waals surface area contributed by atoms with E-state index in [9.17, 15) is 9.90 Å². The SMILES string of the molecule is Cc1nnc(SC[C@@H]2O[C@H](c3ccc(-c4ccccc4CNC(=O)c4cccnc4)cc3)O[C@H](c3ccc(CO)cc3)[C@@H]2C)s1. The Labute approximate surface area is 270 Å². The summed E-state index contributed by atoms with van der Waals surface area (Å²) in [5.41, 5.74) is 6.44. The fourth-order valence-electron chi connectivity index (χ4n) is 5.35. The van der Waals surface area contributed by atoms with Crippen molar-refractivity contribution in [3.63, 3.8) is 0 Å². The summed E-state index contributed by atoms with van der Waals surface area (Å²) in [7, 11) is 0. The number of benzene rings is 3. The number of rotatable bonds is 10. The van der Waals surface area contributed by atoms with Crippen LogP contribution in [0.3, 0.4) is 0 Å². The lowest BCUT2D eigenvalue weighted by Gasteiger charge is -2.41. The number of nitrogens with zero attached hydrogens (tertiary/aromatic N) is 3. The lowest BCUT2D eigenvalue weighted by Crippen LogP contribution is -2.38. The first kappa shape index (κ1) is 31.1. The third kappa shape index (κ3) is 7.49. The topological polar surface area (TPSA) is 106 Å². The van der Waals surface area contributed by atoms with Crippen LogP contribution in [0.25, 0.3) is 11.1 Å². The van der Waals surface area contributed by atoms with E-state index in [-0.39, 0.29) is 30.6 Å². The van der Waals surface area contributed by atoms with Crippen molar-refractivity contribution >= 4 is 29.0 Å². The van der Waals surface area contributed by atoms with Crippen molar-refractivity contribution in [2.75, 3.05) is 5.75 Å². The number of pyridine rings is 1. The second-order valence-corrected chi connectivity index (χ2v) is 13.4. The Morgan fingerprint density at radius 2 is 1.73 bits per heavy atom. The average molecular weight is 639 g/mol. The van der Waals surface area contributed by atoms with Crippen LogP contribution in [0, 0.1) is 12.8 Å². The number of hydrogen-bond donors (Lipinski definition) is 2. The van der Waals surface area contributed by atoms with Gasteiger partial charge in [-0.15, -0.1) is 10.2 Å². The molecule has 0 aliphatic carbocycles. The maximum atomic E-state index is 12.6. The minimum Gasteiger partial charge on any atom is -0.392 e. The molecule has 8 nitrogen and oxygen atoms in total. The van der Waals surface area contributed by atoms with Crippen molar-refractivity contribution in [1.82, 2.24) is 20.5 Å². The first-order valence-electron chi connectivity index (χ1n) is 14.8. The molecule has 45 heavy (non-hydrogen) atoms. The molecule has 5 aromatic rings. The van der Waals surface area contributed by atoms with E-state index in [0.29, 0.717) is 12.1 Å². The zero-order valence-electron chi connectivity index (χ0n) is 25.0. The van der Waals surface area contributed by atoms with Gasteiger partial charge in [0.05, 0.1) is 24.4 Å². The molecule has 1 fully saturated rings. The van der Waals surface area contributed by atoms with Gasteiger partial charge in [-0.2, -0.15) is 0 Å². The molecule has 4 atom stereocenters. The zero-order valence-corrected chi connectivity index (χ0v) is 26.6. The van der Waals surface area contributed by atoms with Gasteiger partial charge in [0.15, 0.2) is 10.6 Å². The number of carbonyl (C=O) groups excluding carboxylic acids is 1. The highest BCUT2D eigenvalue weighted by molar-refractivity contribution is 8.01. The summed E-state index contributed by atoms with van der Waals surface area (Å²) in [5, 5.41) is 21.9. The standard InChI is InChI=1S/C35H34N4O4S2/c1-22-31(21-44-35-39-38-23(2)45-35)42-34(43-32(22)26-11-9-24(20-40)10-12-26)27-15-13-25(14-16-27)30-8-4-3-6-28(30)19-37-33(41)29-7-5-17-36-18-29/h3-18,22,31-32,34,40H,19-21H2,1-2H3,(H,37,41)/t22-,31+,32+,34+/m1/s1. The molecule has 1 aliphatic heterocycles. The third-order valence-electron chi connectivity index (χ3n) is 7.88. The number of nitrogens with one attached hydrogen (secondary N) is 1. The normalized spacial score (nSPS) is 19.7. The Morgan fingerprint density at radius 3 is 2.44 bits per heavy atom. The summed E-state index contributed by atoms with van der Waals surface area (Å²) in [4.78, 5) is 16.7. The number of aromatic nitrogens is 3. The van der Waals surface area contributed by atoms with Crippen LogP contribution in [-0.2, 0) is 22.6 Å². The van der Waals surface area contributed by atoms with Crippen LogP contribution in [0.1, 0.15) is 56.9 Å². The molecule has 0 unspecified atom stereocenters. The van der Waals surface area contributed by atoms with Crippen LogP contribution >= 0.6 is 23.1 Å². The number of hydrogen-bond acceptors (Lipinski definition) is 9. The average Bonchev–Trinajstić information content (AvgIpc) is 3.52. The maximum Gasteiger partial charge on any atom is 0.253 e. The molecule has 2 aromatic heterocycles. The predicted molar refractivity (Wildman–Crippen MR) is 176 cm³/mol. The second-order valence-electron chi connectivity index (χ2n) is 10.9. The van der Waals surface area contributed by atoms with Gasteiger partial charge in [0, 0.05) is 36.2 Å². The smallest absolute Gasteiger partial charge is 0.253 e. The van der Waals surface area contributed by atoms with Crippen LogP contribution in [0.2, 0.25) is 0 Å². The van der Waals surface area contributed by atoms with E-state index in [1.807, 2.05) is 61.5 Å². The van der Waals surface area contributed by atoms with Gasteiger partial charge in [-0.25, -0.2) is 0 Å². The molecule has 10 heteroatoms. The van der Waals surface area contributed by atoms with E-state index >= 15 is 0 Å². The number of ether oxygens (including phenoxy) is 2. The number of thioether (sulfide) groups is 1. The first-order chi connectivity index (χ1) is 22.0. The Morgan fingerprint density at radius 1 is 0.956 bits per heavy atom. The molecule has 1 amide bonds. The van der Waals surface area contributed by atoms with E-state index in [0.717, 1.165) is 48.5 Å². The van der Waals surface area contributed by atoms with E-state index < -0.39 is 6.29 Å². The second kappa shape index (κ2) is 14.4. The monoisotopic (exact) mass is 638 g/mol. The van der Waals surface area contributed by atoms with Crippen molar-refractivity contribution < 1.29 is 19.4 Å². The minimum atomic E-state index is -0.562. The number of aliphatic hydroxyl groups excluding tert-OH is 1. The highest BCUT2D eigenvalue weighted by atomic mass is 32.2. The highest BCUT2D eigenvalue weighted by Gasteiger charge is 2.38. The molecular weight excluding hydrogens is 605 g/mol. The molecule has 2 N–H and O–H groups in total. The van der Waals surface area contributed by atoms with E-state index in [4.69, 9.17) is 9.47 Å². The summed E-state index contributed by atoms with van der Waals surface area (Å²) in [6.07, 6.45) is 2.36. The fraction of sp³-hybridized carbons (Fsp3) is 0.257. The van der Waals surface area contributed by atoms with Crippen LogP contribution < -0.4 is 5.32 Å². The van der Waals surface area contributed by atoms with Gasteiger partial charge in [-0.05, 0) is 46.9 Å². The van der Waals surface area contributed by atoms with Gasteiger partial charge in [0.25, 0.3) is 5.91 Å². The molecule has 1 saturated heterocycles. The van der Waals surface area contributed by atoms with Gasteiger partial charge in [0.2, 0.25) is 0 Å². The van der Waals surface area contributed by atoms with E-state index in [2.05, 4.69) is 45.6 Å². The molecule has 0 spiro atoms. The van der Waals surface area contributed by atoms with E-state index in [1.165, 1.54) is 0 Å². The Hall–Kier alpha value is -3.93. The first-order valence-corrected chi connectivity index (χ1v) is 16.6.